The molecule has 0 fully saturated rings. The molecule has 0 aliphatic heterocycles. The number of halogens is 1. The first-order valence-corrected chi connectivity index (χ1v) is 7.49. The van der Waals surface area contributed by atoms with Gasteiger partial charge >= 0.3 is 0 Å². The van der Waals surface area contributed by atoms with Gasteiger partial charge in [0, 0.05) is 31.6 Å². The highest BCUT2D eigenvalue weighted by Gasteiger charge is 2.21. The number of anilines is 1. The minimum absolute atomic E-state index is 0.207. The van der Waals surface area contributed by atoms with Crippen LogP contribution in [-0.4, -0.2) is 40.9 Å². The lowest BCUT2D eigenvalue weighted by Crippen LogP contribution is -2.34. The molecule has 2 aromatic heterocycles. The minimum atomic E-state index is -0.870. The molecule has 2 rings (SSSR count). The van der Waals surface area contributed by atoms with E-state index in [-0.39, 0.29) is 5.28 Å². The van der Waals surface area contributed by atoms with Crippen LogP contribution in [0.3, 0.4) is 0 Å². The second kappa shape index (κ2) is 6.22. The summed E-state index contributed by atoms with van der Waals surface area (Å²) in [6, 6.07) is 2.02. The van der Waals surface area contributed by atoms with Crippen LogP contribution in [0.25, 0.3) is 10.2 Å². The summed E-state index contributed by atoms with van der Waals surface area (Å²) < 4.78 is 4.99. The molecule has 0 saturated carbocycles. The highest BCUT2D eigenvalue weighted by atomic mass is 35.5. The third kappa shape index (κ3) is 3.79. The molecule has 2 aromatic rings. The Hall–Kier alpha value is -0.950. The molecule has 0 aliphatic rings. The Kier molecular flexibility index (Phi) is 4.80. The van der Waals surface area contributed by atoms with E-state index in [1.807, 2.05) is 13.0 Å². The summed E-state index contributed by atoms with van der Waals surface area (Å²) in [4.78, 5) is 10.4. The van der Waals surface area contributed by atoms with Crippen LogP contribution in [0.2, 0.25) is 5.28 Å². The second-order valence-corrected chi connectivity index (χ2v) is 6.58. The van der Waals surface area contributed by atoms with Gasteiger partial charge in [-0.2, -0.15) is 0 Å². The topological polar surface area (TPSA) is 67.3 Å². The van der Waals surface area contributed by atoms with Crippen molar-refractivity contribution < 1.29 is 9.84 Å². The van der Waals surface area contributed by atoms with E-state index < -0.39 is 5.60 Å². The molecule has 2 N–H and O–H groups in total. The van der Waals surface area contributed by atoms with Gasteiger partial charge in [0.05, 0.1) is 11.0 Å². The molecule has 0 radical (unpaired) electrons. The number of rotatable bonds is 6. The van der Waals surface area contributed by atoms with Crippen molar-refractivity contribution in [2.45, 2.75) is 25.9 Å². The number of aromatic nitrogens is 2. The zero-order valence-electron chi connectivity index (χ0n) is 11.7. The molecular formula is C13H18ClN3O2S. The lowest BCUT2D eigenvalue weighted by Gasteiger charge is -2.23. The van der Waals surface area contributed by atoms with Crippen LogP contribution in [0.15, 0.2) is 6.07 Å². The summed E-state index contributed by atoms with van der Waals surface area (Å²) >= 11 is 7.50. The van der Waals surface area contributed by atoms with E-state index in [1.165, 1.54) is 0 Å². The second-order valence-electron chi connectivity index (χ2n) is 5.01. The summed E-state index contributed by atoms with van der Waals surface area (Å²) in [6.45, 7) is 4.65. The van der Waals surface area contributed by atoms with Gasteiger partial charge in [0.25, 0.3) is 0 Å². The maximum Gasteiger partial charge on any atom is 0.225 e. The standard InChI is InChI=1S/C13H18ClN3O2S/c1-8-6-9-10(16-12(14)17-11(9)20-8)15-7-13(2,18)4-5-19-3/h6,18H,4-5,7H2,1-3H3,(H,15,16,17). The number of ether oxygens (including phenoxy) is 1. The van der Waals surface area contributed by atoms with Gasteiger partial charge in [0.15, 0.2) is 0 Å². The largest absolute Gasteiger partial charge is 0.388 e. The van der Waals surface area contributed by atoms with E-state index in [2.05, 4.69) is 15.3 Å². The molecule has 20 heavy (non-hydrogen) atoms. The van der Waals surface area contributed by atoms with Gasteiger partial charge in [-0.3, -0.25) is 0 Å². The van der Waals surface area contributed by atoms with E-state index in [0.717, 1.165) is 15.1 Å². The predicted octanol–water partition coefficient (Wildman–Crippen LogP) is 2.85. The molecule has 0 aromatic carbocycles. The Labute approximate surface area is 127 Å². The molecule has 7 heteroatoms. The average molecular weight is 316 g/mol. The first kappa shape index (κ1) is 15.4. The van der Waals surface area contributed by atoms with Crippen LogP contribution >= 0.6 is 22.9 Å². The maximum absolute atomic E-state index is 10.2. The zero-order chi connectivity index (χ0) is 14.8. The van der Waals surface area contributed by atoms with Gasteiger partial charge in [-0.15, -0.1) is 11.3 Å². The summed E-state index contributed by atoms with van der Waals surface area (Å²) in [5.41, 5.74) is -0.870. The Morgan fingerprint density at radius 3 is 2.95 bits per heavy atom. The normalized spacial score (nSPS) is 14.4. The number of fused-ring (bicyclic) bond motifs is 1. The van der Waals surface area contributed by atoms with Crippen LogP contribution in [0.1, 0.15) is 18.2 Å². The fourth-order valence-corrected chi connectivity index (χ4v) is 2.93. The summed E-state index contributed by atoms with van der Waals surface area (Å²) in [6.07, 6.45) is 0.543. The molecule has 2 heterocycles. The van der Waals surface area contributed by atoms with Gasteiger partial charge in [0.1, 0.15) is 10.6 Å². The Bertz CT molecular complexity index is 601. The molecule has 5 nitrogen and oxygen atoms in total. The van der Waals surface area contributed by atoms with Crippen molar-refractivity contribution in [2.24, 2.45) is 0 Å². The molecule has 0 amide bonds. The van der Waals surface area contributed by atoms with E-state index in [9.17, 15) is 5.11 Å². The lowest BCUT2D eigenvalue weighted by atomic mass is 10.0. The number of aryl methyl sites for hydroxylation is 1. The number of hydrogen-bond acceptors (Lipinski definition) is 6. The number of thiophene rings is 1. The van der Waals surface area contributed by atoms with Crippen molar-refractivity contribution in [3.05, 3.63) is 16.2 Å². The van der Waals surface area contributed by atoms with Crippen molar-refractivity contribution in [3.8, 4) is 0 Å². The van der Waals surface area contributed by atoms with E-state index in [1.54, 1.807) is 25.4 Å². The Morgan fingerprint density at radius 1 is 1.50 bits per heavy atom. The van der Waals surface area contributed by atoms with Crippen molar-refractivity contribution in [1.29, 1.82) is 0 Å². The number of aliphatic hydroxyl groups is 1. The summed E-state index contributed by atoms with van der Waals surface area (Å²) in [5, 5.41) is 14.5. The number of nitrogens with zero attached hydrogens (tertiary/aromatic N) is 2. The van der Waals surface area contributed by atoms with Crippen molar-refractivity contribution in [2.75, 3.05) is 25.6 Å². The van der Waals surface area contributed by atoms with Gasteiger partial charge < -0.3 is 15.2 Å². The van der Waals surface area contributed by atoms with E-state index in [4.69, 9.17) is 16.3 Å². The fraction of sp³-hybridized carbons (Fsp3) is 0.538. The van der Waals surface area contributed by atoms with Gasteiger partial charge in [0.2, 0.25) is 5.28 Å². The highest BCUT2D eigenvalue weighted by Crippen LogP contribution is 2.29. The number of methoxy groups -OCH3 is 1. The minimum Gasteiger partial charge on any atom is -0.388 e. The van der Waals surface area contributed by atoms with Crippen LogP contribution in [0, 0.1) is 6.92 Å². The molecule has 0 spiro atoms. The monoisotopic (exact) mass is 315 g/mol. The number of nitrogens with one attached hydrogen (secondary N) is 1. The molecule has 0 aliphatic carbocycles. The SMILES string of the molecule is COCCC(C)(O)CNc1nc(Cl)nc2sc(C)cc12. The van der Waals surface area contributed by atoms with Crippen LogP contribution in [0.5, 0.6) is 0 Å². The first-order chi connectivity index (χ1) is 9.41. The maximum atomic E-state index is 10.2. The third-order valence-electron chi connectivity index (χ3n) is 2.97. The first-order valence-electron chi connectivity index (χ1n) is 6.30. The summed E-state index contributed by atoms with van der Waals surface area (Å²) in [5.74, 6) is 0.655. The summed E-state index contributed by atoms with van der Waals surface area (Å²) in [7, 11) is 1.62. The Balaban J connectivity index is 2.17. The highest BCUT2D eigenvalue weighted by molar-refractivity contribution is 7.18. The fourth-order valence-electron chi connectivity index (χ4n) is 1.84. The van der Waals surface area contributed by atoms with Gasteiger partial charge in [-0.25, -0.2) is 9.97 Å². The zero-order valence-corrected chi connectivity index (χ0v) is 13.3. The van der Waals surface area contributed by atoms with E-state index >= 15 is 0 Å². The predicted molar refractivity (Wildman–Crippen MR) is 82.8 cm³/mol. The van der Waals surface area contributed by atoms with Crippen molar-refractivity contribution >= 4 is 39.0 Å². The third-order valence-corrected chi connectivity index (χ3v) is 4.08. The molecule has 1 atom stereocenters. The molecule has 1 unspecified atom stereocenters. The van der Waals surface area contributed by atoms with Crippen LogP contribution < -0.4 is 5.32 Å². The van der Waals surface area contributed by atoms with Crippen molar-refractivity contribution in [3.63, 3.8) is 0 Å². The van der Waals surface area contributed by atoms with Crippen molar-refractivity contribution in [1.82, 2.24) is 9.97 Å². The van der Waals surface area contributed by atoms with Gasteiger partial charge in [-0.05, 0) is 31.5 Å². The van der Waals surface area contributed by atoms with E-state index in [0.29, 0.717) is 25.4 Å². The molecule has 110 valence electrons. The quantitative estimate of drug-likeness (QED) is 0.802. The molecule has 0 saturated heterocycles. The Morgan fingerprint density at radius 2 is 2.25 bits per heavy atom. The average Bonchev–Trinajstić information content (AvgIpc) is 2.74. The lowest BCUT2D eigenvalue weighted by molar-refractivity contribution is 0.0357. The van der Waals surface area contributed by atoms with Gasteiger partial charge in [-0.1, -0.05) is 0 Å². The molecule has 0 bridgehead atoms. The van der Waals surface area contributed by atoms with Crippen LogP contribution in [0.4, 0.5) is 5.82 Å². The smallest absolute Gasteiger partial charge is 0.225 e. The number of hydrogen-bond donors (Lipinski definition) is 2. The molecular weight excluding hydrogens is 298 g/mol. The van der Waals surface area contributed by atoms with Crippen LogP contribution in [-0.2, 0) is 4.74 Å².